The lowest BCUT2D eigenvalue weighted by Gasteiger charge is -2.29. The Kier molecular flexibility index (Phi) is 5.71. The number of sulfone groups is 1. The number of para-hydroxylation sites is 1. The number of amides is 2. The number of carbonyl (C=O) groups excluding carboxylic acids is 2. The molecule has 2 amide bonds. The van der Waals surface area contributed by atoms with Gasteiger partial charge in [0.05, 0.1) is 22.2 Å². The van der Waals surface area contributed by atoms with Crippen LogP contribution in [0.2, 0.25) is 5.02 Å². The Morgan fingerprint density at radius 3 is 2.50 bits per heavy atom. The Hall–Kier alpha value is -2.46. The van der Waals surface area contributed by atoms with E-state index in [2.05, 4.69) is 15.4 Å². The fourth-order valence-corrected chi connectivity index (χ4v) is 4.28. The summed E-state index contributed by atoms with van der Waals surface area (Å²) in [4.78, 5) is 30.5. The number of nitrogens with one attached hydrogen (secondary N) is 1. The van der Waals surface area contributed by atoms with Gasteiger partial charge in [0.1, 0.15) is 11.9 Å². The minimum absolute atomic E-state index is 0.0671. The van der Waals surface area contributed by atoms with E-state index in [4.69, 9.17) is 11.6 Å². The second-order valence-corrected chi connectivity index (χ2v) is 9.23. The zero-order valence-electron chi connectivity index (χ0n) is 15.4. The number of halogens is 1. The zero-order valence-corrected chi connectivity index (χ0v) is 17.0. The minimum atomic E-state index is -3.09. The highest BCUT2D eigenvalue weighted by molar-refractivity contribution is 7.91. The summed E-state index contributed by atoms with van der Waals surface area (Å²) in [5.41, 5.74) is 0.590. The van der Waals surface area contributed by atoms with Crippen molar-refractivity contribution < 1.29 is 18.0 Å². The number of carbonyl (C=O) groups is 2. The third kappa shape index (κ3) is 4.33. The average molecular weight is 426 g/mol. The molecule has 11 heteroatoms. The molecular formula is C17H20ClN5O4S. The van der Waals surface area contributed by atoms with Gasteiger partial charge in [-0.15, -0.1) is 5.10 Å². The molecule has 1 aliphatic rings. The van der Waals surface area contributed by atoms with Gasteiger partial charge in [-0.25, -0.2) is 18.1 Å². The lowest BCUT2D eigenvalue weighted by molar-refractivity contribution is -0.132. The molecular weight excluding hydrogens is 406 g/mol. The normalized spacial score (nSPS) is 17.2. The number of nitrogens with zero attached hydrogens (tertiary/aromatic N) is 4. The fourth-order valence-electron chi connectivity index (χ4n) is 2.87. The van der Waals surface area contributed by atoms with Crippen molar-refractivity contribution in [1.29, 1.82) is 0 Å². The molecule has 1 aliphatic heterocycles. The first-order chi connectivity index (χ1) is 13.2. The minimum Gasteiger partial charge on any atom is -0.339 e. The fraction of sp³-hybridized carbons (Fsp3) is 0.412. The lowest BCUT2D eigenvalue weighted by atomic mass is 10.2. The van der Waals surface area contributed by atoms with Crippen LogP contribution < -0.4 is 5.32 Å². The van der Waals surface area contributed by atoms with E-state index in [0.717, 1.165) is 0 Å². The lowest BCUT2D eigenvalue weighted by Crippen LogP contribution is -2.51. The first-order valence-electron chi connectivity index (χ1n) is 8.66. The summed E-state index contributed by atoms with van der Waals surface area (Å²) in [6, 6.07) is 6.20. The van der Waals surface area contributed by atoms with E-state index in [0.29, 0.717) is 16.5 Å². The van der Waals surface area contributed by atoms with Crippen LogP contribution >= 0.6 is 11.6 Å². The average Bonchev–Trinajstić information content (AvgIpc) is 3.03. The first-order valence-corrected chi connectivity index (χ1v) is 10.9. The maximum Gasteiger partial charge on any atom is 0.291 e. The number of benzene rings is 1. The second kappa shape index (κ2) is 7.88. The Morgan fingerprint density at radius 1 is 1.21 bits per heavy atom. The predicted octanol–water partition coefficient (Wildman–Crippen LogP) is 0.604. The molecule has 2 heterocycles. The van der Waals surface area contributed by atoms with E-state index in [-0.39, 0.29) is 36.3 Å². The van der Waals surface area contributed by atoms with Crippen molar-refractivity contribution in [3.05, 3.63) is 40.9 Å². The van der Waals surface area contributed by atoms with E-state index in [1.807, 2.05) is 0 Å². The Labute approximate surface area is 167 Å². The molecule has 1 fully saturated rings. The molecule has 28 heavy (non-hydrogen) atoms. The second-order valence-electron chi connectivity index (χ2n) is 6.52. The van der Waals surface area contributed by atoms with Gasteiger partial charge in [0.25, 0.3) is 5.91 Å². The van der Waals surface area contributed by atoms with Crippen LogP contribution in [0.1, 0.15) is 23.4 Å². The summed E-state index contributed by atoms with van der Waals surface area (Å²) >= 11 is 6.17. The van der Waals surface area contributed by atoms with Crippen molar-refractivity contribution in [1.82, 2.24) is 25.0 Å². The van der Waals surface area contributed by atoms with E-state index < -0.39 is 21.8 Å². The largest absolute Gasteiger partial charge is 0.339 e. The highest BCUT2D eigenvalue weighted by atomic mass is 35.5. The molecule has 3 rings (SSSR count). The summed E-state index contributed by atoms with van der Waals surface area (Å²) in [5, 5.41) is 7.22. The van der Waals surface area contributed by atoms with E-state index >= 15 is 0 Å². The molecule has 0 bridgehead atoms. The molecule has 1 aromatic carbocycles. The third-order valence-corrected chi connectivity index (χ3v) is 6.36. The van der Waals surface area contributed by atoms with E-state index in [1.165, 1.54) is 9.58 Å². The molecule has 0 aliphatic carbocycles. The van der Waals surface area contributed by atoms with Crippen molar-refractivity contribution in [2.45, 2.75) is 19.9 Å². The summed E-state index contributed by atoms with van der Waals surface area (Å²) < 4.78 is 24.4. The smallest absolute Gasteiger partial charge is 0.291 e. The maximum atomic E-state index is 12.5. The van der Waals surface area contributed by atoms with Crippen molar-refractivity contribution in [2.24, 2.45) is 0 Å². The van der Waals surface area contributed by atoms with Crippen LogP contribution in [-0.4, -0.2) is 70.5 Å². The molecule has 1 N–H and O–H groups in total. The van der Waals surface area contributed by atoms with Crippen LogP contribution in [0.15, 0.2) is 24.3 Å². The highest BCUT2D eigenvalue weighted by Gasteiger charge is 2.29. The molecule has 9 nitrogen and oxygen atoms in total. The molecule has 150 valence electrons. The van der Waals surface area contributed by atoms with Crippen molar-refractivity contribution in [3.63, 3.8) is 0 Å². The van der Waals surface area contributed by atoms with Crippen LogP contribution in [0.4, 0.5) is 0 Å². The van der Waals surface area contributed by atoms with Crippen LogP contribution in [0.5, 0.6) is 0 Å². The van der Waals surface area contributed by atoms with Gasteiger partial charge in [-0.3, -0.25) is 9.59 Å². The zero-order chi connectivity index (χ0) is 20.5. The van der Waals surface area contributed by atoms with Crippen LogP contribution in [0.3, 0.4) is 0 Å². The highest BCUT2D eigenvalue weighted by Crippen LogP contribution is 2.20. The summed E-state index contributed by atoms with van der Waals surface area (Å²) in [6.45, 7) is 3.48. The number of aromatic nitrogens is 3. The third-order valence-electron chi connectivity index (χ3n) is 4.43. The molecule has 1 unspecified atom stereocenters. The quantitative estimate of drug-likeness (QED) is 0.767. The summed E-state index contributed by atoms with van der Waals surface area (Å²) in [6.07, 6.45) is 0. The van der Waals surface area contributed by atoms with Gasteiger partial charge < -0.3 is 10.2 Å². The van der Waals surface area contributed by atoms with Gasteiger partial charge in [0.2, 0.25) is 11.7 Å². The van der Waals surface area contributed by atoms with Gasteiger partial charge in [0, 0.05) is 13.1 Å². The molecule has 2 aromatic rings. The molecule has 0 radical (unpaired) electrons. The Bertz CT molecular complexity index is 1010. The first kappa shape index (κ1) is 20.3. The van der Waals surface area contributed by atoms with Crippen molar-refractivity contribution in [2.75, 3.05) is 24.6 Å². The summed E-state index contributed by atoms with van der Waals surface area (Å²) in [5.74, 6) is -0.688. The standard InChI is InChI=1S/C17H20ClN5O4S/c1-11(17(25)22-7-9-28(26,27)10-8-22)19-16(24)15-20-12(2)23(21-15)14-6-4-3-5-13(14)18/h3-6,11H,7-10H2,1-2H3,(H,19,24). The van der Waals surface area contributed by atoms with Gasteiger partial charge in [-0.05, 0) is 26.0 Å². The Morgan fingerprint density at radius 2 is 1.86 bits per heavy atom. The monoisotopic (exact) mass is 425 g/mol. The number of aryl methyl sites for hydroxylation is 1. The Balaban J connectivity index is 1.69. The number of hydrogen-bond donors (Lipinski definition) is 1. The summed E-state index contributed by atoms with van der Waals surface area (Å²) in [7, 11) is -3.09. The topological polar surface area (TPSA) is 114 Å². The van der Waals surface area contributed by atoms with Crippen molar-refractivity contribution >= 4 is 33.3 Å². The van der Waals surface area contributed by atoms with Gasteiger partial charge in [-0.1, -0.05) is 23.7 Å². The van der Waals surface area contributed by atoms with Crippen LogP contribution in [0, 0.1) is 6.92 Å². The van der Waals surface area contributed by atoms with Crippen LogP contribution in [-0.2, 0) is 14.6 Å². The molecule has 0 saturated carbocycles. The van der Waals surface area contributed by atoms with Crippen LogP contribution in [0.25, 0.3) is 5.69 Å². The van der Waals surface area contributed by atoms with E-state index in [1.54, 1.807) is 38.1 Å². The predicted molar refractivity (Wildman–Crippen MR) is 103 cm³/mol. The van der Waals surface area contributed by atoms with E-state index in [9.17, 15) is 18.0 Å². The number of rotatable bonds is 4. The molecule has 1 saturated heterocycles. The SMILES string of the molecule is Cc1nc(C(=O)NC(C)C(=O)N2CCS(=O)(=O)CC2)nn1-c1ccccc1Cl. The van der Waals surface area contributed by atoms with Gasteiger partial charge in [0.15, 0.2) is 9.84 Å². The molecule has 1 atom stereocenters. The van der Waals surface area contributed by atoms with Gasteiger partial charge >= 0.3 is 0 Å². The molecule has 1 aromatic heterocycles. The molecule has 0 spiro atoms. The maximum absolute atomic E-state index is 12.5. The number of hydrogen-bond acceptors (Lipinski definition) is 6. The van der Waals surface area contributed by atoms with Gasteiger partial charge in [-0.2, -0.15) is 0 Å². The van der Waals surface area contributed by atoms with Crippen molar-refractivity contribution in [3.8, 4) is 5.69 Å².